The minimum atomic E-state index is -3.59. The van der Waals surface area contributed by atoms with Gasteiger partial charge in [0.1, 0.15) is 0 Å². The fraction of sp³-hybridized carbons (Fsp3) is 0.560. The molecule has 8 heteroatoms. The fourth-order valence-electron chi connectivity index (χ4n) is 5.12. The van der Waals surface area contributed by atoms with Gasteiger partial charge in [-0.05, 0) is 58.0 Å². The van der Waals surface area contributed by atoms with Crippen LogP contribution in [0.15, 0.2) is 35.2 Å². The smallest absolute Gasteiger partial charge is 0.243 e. The van der Waals surface area contributed by atoms with E-state index in [2.05, 4.69) is 4.90 Å². The maximum absolute atomic E-state index is 13.2. The fourth-order valence-corrected chi connectivity index (χ4v) is 6.57. The molecule has 1 aliphatic heterocycles. The molecule has 1 saturated carbocycles. The van der Waals surface area contributed by atoms with E-state index in [0.29, 0.717) is 44.5 Å². The molecule has 0 N–H and O–H groups in total. The van der Waals surface area contributed by atoms with Gasteiger partial charge in [0.05, 0.1) is 24.7 Å². The van der Waals surface area contributed by atoms with Crippen molar-refractivity contribution >= 4 is 15.8 Å². The Morgan fingerprint density at radius 3 is 2.48 bits per heavy atom. The number of ketones is 1. The predicted molar refractivity (Wildman–Crippen MR) is 129 cm³/mol. The Hall–Kier alpha value is -2.00. The van der Waals surface area contributed by atoms with Crippen molar-refractivity contribution in [3.8, 4) is 5.69 Å². The Balaban J connectivity index is 1.58. The van der Waals surface area contributed by atoms with Gasteiger partial charge >= 0.3 is 0 Å². The number of ether oxygens (including phenoxy) is 1. The first-order valence-corrected chi connectivity index (χ1v) is 13.3. The lowest BCUT2D eigenvalue weighted by atomic mass is 9.94. The highest BCUT2D eigenvalue weighted by atomic mass is 32.2. The van der Waals surface area contributed by atoms with Crippen molar-refractivity contribution in [2.24, 2.45) is 0 Å². The summed E-state index contributed by atoms with van der Waals surface area (Å²) in [6.45, 7) is 5.84. The van der Waals surface area contributed by atoms with Crippen LogP contribution in [0.5, 0.6) is 0 Å². The average molecular weight is 474 g/mol. The second-order valence-electron chi connectivity index (χ2n) is 9.26. The van der Waals surface area contributed by atoms with Gasteiger partial charge < -0.3 is 9.30 Å². The quantitative estimate of drug-likeness (QED) is 0.575. The van der Waals surface area contributed by atoms with Crippen LogP contribution in [-0.4, -0.2) is 73.9 Å². The summed E-state index contributed by atoms with van der Waals surface area (Å²) in [4.78, 5) is 15.6. The first kappa shape index (κ1) is 24.1. The molecule has 180 valence electrons. The van der Waals surface area contributed by atoms with Crippen molar-refractivity contribution in [1.82, 2.24) is 13.8 Å². The van der Waals surface area contributed by atoms with Crippen LogP contribution in [0, 0.1) is 13.8 Å². The molecule has 0 radical (unpaired) electrons. The topological polar surface area (TPSA) is 71.9 Å². The van der Waals surface area contributed by atoms with Gasteiger partial charge in [-0.3, -0.25) is 9.69 Å². The first-order valence-electron chi connectivity index (χ1n) is 11.9. The van der Waals surface area contributed by atoms with Crippen LogP contribution in [0.25, 0.3) is 5.69 Å². The molecular weight excluding hydrogens is 438 g/mol. The molecule has 1 aromatic carbocycles. The Labute approximate surface area is 197 Å². The third-order valence-corrected chi connectivity index (χ3v) is 8.90. The maximum Gasteiger partial charge on any atom is 0.243 e. The molecule has 2 heterocycles. The first-order chi connectivity index (χ1) is 15.8. The van der Waals surface area contributed by atoms with Gasteiger partial charge in [0, 0.05) is 41.8 Å². The Morgan fingerprint density at radius 2 is 1.79 bits per heavy atom. The van der Waals surface area contributed by atoms with E-state index in [1.807, 2.05) is 37.6 Å². The minimum Gasteiger partial charge on any atom is -0.379 e. The SMILES string of the molecule is Cc1cc(C(=O)CN(C)C2CCCCC2)c(C)n1-c1cccc(S(=O)(=O)N2CCOCC2)c1. The van der Waals surface area contributed by atoms with Crippen LogP contribution in [0.2, 0.25) is 0 Å². The molecule has 0 amide bonds. The summed E-state index contributed by atoms with van der Waals surface area (Å²) < 4.78 is 35.0. The van der Waals surface area contributed by atoms with E-state index >= 15 is 0 Å². The van der Waals surface area contributed by atoms with Gasteiger partial charge in [-0.2, -0.15) is 4.31 Å². The molecule has 1 aliphatic carbocycles. The number of sulfonamides is 1. The molecule has 4 rings (SSSR count). The number of morpholine rings is 1. The van der Waals surface area contributed by atoms with Gasteiger partial charge in [-0.1, -0.05) is 25.3 Å². The van der Waals surface area contributed by atoms with Crippen molar-refractivity contribution in [3.63, 3.8) is 0 Å². The van der Waals surface area contributed by atoms with Crippen molar-refractivity contribution < 1.29 is 17.9 Å². The third-order valence-electron chi connectivity index (χ3n) is 7.01. The van der Waals surface area contributed by atoms with Crippen LogP contribution in [0.1, 0.15) is 53.8 Å². The third kappa shape index (κ3) is 5.09. The summed E-state index contributed by atoms with van der Waals surface area (Å²) in [6, 6.07) is 9.39. The monoisotopic (exact) mass is 473 g/mol. The zero-order valence-electron chi connectivity index (χ0n) is 19.9. The van der Waals surface area contributed by atoms with Gasteiger partial charge in [0.25, 0.3) is 0 Å². The number of hydrogen-bond donors (Lipinski definition) is 0. The van der Waals surface area contributed by atoms with Gasteiger partial charge in [0.15, 0.2) is 5.78 Å². The highest BCUT2D eigenvalue weighted by Gasteiger charge is 2.27. The van der Waals surface area contributed by atoms with Crippen molar-refractivity contribution in [2.45, 2.75) is 56.9 Å². The average Bonchev–Trinajstić information content (AvgIpc) is 3.14. The molecule has 0 atom stereocenters. The lowest BCUT2D eigenvalue weighted by Gasteiger charge is -2.30. The number of aromatic nitrogens is 1. The summed E-state index contributed by atoms with van der Waals surface area (Å²) >= 11 is 0. The van der Waals surface area contributed by atoms with Gasteiger partial charge in [-0.25, -0.2) is 8.42 Å². The Kier molecular flexibility index (Phi) is 7.38. The highest BCUT2D eigenvalue weighted by Crippen LogP contribution is 2.26. The molecule has 7 nitrogen and oxygen atoms in total. The number of carbonyl (C=O) groups excluding carboxylic acids is 1. The molecule has 33 heavy (non-hydrogen) atoms. The molecule has 0 bridgehead atoms. The standard InChI is InChI=1S/C25H35N3O4S/c1-19-16-24(25(29)18-26(3)21-8-5-4-6-9-21)20(2)28(19)22-10-7-11-23(17-22)33(30,31)27-12-14-32-15-13-27/h7,10-11,16-17,21H,4-6,8-9,12-15,18H2,1-3H3. The van der Waals surface area contributed by atoms with Crippen LogP contribution in [0.3, 0.4) is 0 Å². The number of benzene rings is 1. The molecule has 0 spiro atoms. The van der Waals surface area contributed by atoms with Gasteiger partial charge in [0.2, 0.25) is 10.0 Å². The zero-order chi connectivity index (χ0) is 23.6. The van der Waals surface area contributed by atoms with Crippen molar-refractivity contribution in [1.29, 1.82) is 0 Å². The van der Waals surface area contributed by atoms with E-state index in [0.717, 1.165) is 29.9 Å². The Morgan fingerprint density at radius 1 is 1.09 bits per heavy atom. The molecule has 2 aliphatic rings. The summed E-state index contributed by atoms with van der Waals surface area (Å²) in [5.74, 6) is 0.111. The molecule has 1 aromatic heterocycles. The van der Waals surface area contributed by atoms with Crippen LogP contribution >= 0.6 is 0 Å². The number of likely N-dealkylation sites (N-methyl/N-ethyl adjacent to an activating group) is 1. The summed E-state index contributed by atoms with van der Waals surface area (Å²) in [5, 5.41) is 0. The summed E-state index contributed by atoms with van der Waals surface area (Å²) in [5.41, 5.74) is 3.21. The van der Waals surface area contributed by atoms with E-state index in [9.17, 15) is 13.2 Å². The summed E-state index contributed by atoms with van der Waals surface area (Å²) in [7, 11) is -1.54. The second kappa shape index (κ2) is 10.1. The molecule has 0 unspecified atom stereocenters. The second-order valence-corrected chi connectivity index (χ2v) is 11.2. The minimum absolute atomic E-state index is 0.111. The molecular formula is C25H35N3O4S. The highest BCUT2D eigenvalue weighted by molar-refractivity contribution is 7.89. The largest absolute Gasteiger partial charge is 0.379 e. The number of rotatable bonds is 7. The van der Waals surface area contributed by atoms with Crippen LogP contribution in [0.4, 0.5) is 0 Å². The Bertz CT molecular complexity index is 1100. The van der Waals surface area contributed by atoms with E-state index in [-0.39, 0.29) is 10.7 Å². The maximum atomic E-state index is 13.2. The molecule has 1 saturated heterocycles. The molecule has 2 aromatic rings. The van der Waals surface area contributed by atoms with Gasteiger partial charge in [-0.15, -0.1) is 0 Å². The summed E-state index contributed by atoms with van der Waals surface area (Å²) in [6.07, 6.45) is 6.09. The number of aryl methyl sites for hydroxylation is 1. The molecule has 2 fully saturated rings. The van der Waals surface area contributed by atoms with E-state index in [4.69, 9.17) is 4.74 Å². The normalized spacial score (nSPS) is 18.7. The number of carbonyl (C=O) groups is 1. The van der Waals surface area contributed by atoms with Crippen LogP contribution in [-0.2, 0) is 14.8 Å². The van der Waals surface area contributed by atoms with E-state index in [1.165, 1.54) is 23.6 Å². The van der Waals surface area contributed by atoms with E-state index < -0.39 is 10.0 Å². The zero-order valence-corrected chi connectivity index (χ0v) is 20.7. The number of Topliss-reactive ketones (excluding diaryl/α,β-unsaturated/α-hetero) is 1. The lowest BCUT2D eigenvalue weighted by Crippen LogP contribution is -2.40. The number of nitrogens with zero attached hydrogens (tertiary/aromatic N) is 3. The van der Waals surface area contributed by atoms with E-state index in [1.54, 1.807) is 18.2 Å². The lowest BCUT2D eigenvalue weighted by molar-refractivity contribution is 0.0730. The predicted octanol–water partition coefficient (Wildman–Crippen LogP) is 3.56. The van der Waals surface area contributed by atoms with Crippen LogP contribution < -0.4 is 0 Å². The number of hydrogen-bond acceptors (Lipinski definition) is 5. The van der Waals surface area contributed by atoms with Crippen molar-refractivity contribution in [2.75, 3.05) is 39.9 Å². The van der Waals surface area contributed by atoms with Crippen molar-refractivity contribution in [3.05, 3.63) is 47.3 Å².